The van der Waals surface area contributed by atoms with Crippen LogP contribution in [0.2, 0.25) is 0 Å². The number of nitrogens with one attached hydrogen (secondary N) is 2. The molecule has 0 radical (unpaired) electrons. The molecule has 5 heteroatoms. The van der Waals surface area contributed by atoms with Gasteiger partial charge < -0.3 is 20.1 Å². The van der Waals surface area contributed by atoms with Crippen molar-refractivity contribution in [3.8, 4) is 0 Å². The SMILES string of the molecule is CC.CCCCCNC(=O)[C@@H](CNC)CC1CCCC2(C1)OCCO2. The molecule has 1 aliphatic heterocycles. The zero-order chi connectivity index (χ0) is 18.5. The van der Waals surface area contributed by atoms with E-state index in [-0.39, 0.29) is 17.6 Å². The highest BCUT2D eigenvalue weighted by molar-refractivity contribution is 5.78. The van der Waals surface area contributed by atoms with Gasteiger partial charge in [-0.15, -0.1) is 0 Å². The summed E-state index contributed by atoms with van der Waals surface area (Å²) in [5, 5.41) is 6.29. The molecule has 2 N–H and O–H groups in total. The van der Waals surface area contributed by atoms with Crippen molar-refractivity contribution in [3.63, 3.8) is 0 Å². The highest BCUT2D eigenvalue weighted by atomic mass is 16.7. The van der Waals surface area contributed by atoms with E-state index in [0.29, 0.717) is 19.1 Å². The molecule has 2 rings (SSSR count). The van der Waals surface area contributed by atoms with Gasteiger partial charge in [0.15, 0.2) is 5.79 Å². The van der Waals surface area contributed by atoms with Crippen molar-refractivity contribution in [1.82, 2.24) is 10.6 Å². The Labute approximate surface area is 154 Å². The lowest BCUT2D eigenvalue weighted by Crippen LogP contribution is -2.41. The Morgan fingerprint density at radius 2 is 1.96 bits per heavy atom. The number of rotatable bonds is 9. The first kappa shape index (κ1) is 22.4. The minimum absolute atomic E-state index is 0.0446. The van der Waals surface area contributed by atoms with Crippen LogP contribution in [0.1, 0.15) is 72.1 Å². The van der Waals surface area contributed by atoms with Gasteiger partial charge in [-0.3, -0.25) is 4.79 Å². The number of hydrogen-bond donors (Lipinski definition) is 2. The Hall–Kier alpha value is -0.650. The minimum atomic E-state index is -0.343. The zero-order valence-corrected chi connectivity index (χ0v) is 16.9. The fourth-order valence-electron chi connectivity index (χ4n) is 3.93. The molecule has 1 aliphatic carbocycles. The van der Waals surface area contributed by atoms with Crippen molar-refractivity contribution in [1.29, 1.82) is 0 Å². The Kier molecular flexibility index (Phi) is 11.3. The van der Waals surface area contributed by atoms with Crippen LogP contribution < -0.4 is 10.6 Å². The summed E-state index contributed by atoms with van der Waals surface area (Å²) in [5.74, 6) is 0.415. The van der Waals surface area contributed by atoms with Crippen LogP contribution in [0.25, 0.3) is 0 Å². The molecular formula is C20H40N2O3. The van der Waals surface area contributed by atoms with Crippen LogP contribution in [0.5, 0.6) is 0 Å². The molecule has 1 spiro atoms. The molecule has 1 saturated heterocycles. The Morgan fingerprint density at radius 3 is 2.60 bits per heavy atom. The predicted molar refractivity (Wildman–Crippen MR) is 103 cm³/mol. The molecule has 148 valence electrons. The monoisotopic (exact) mass is 356 g/mol. The fraction of sp³-hybridized carbons (Fsp3) is 0.950. The third-order valence-corrected chi connectivity index (χ3v) is 5.10. The molecule has 0 aromatic heterocycles. The van der Waals surface area contributed by atoms with E-state index >= 15 is 0 Å². The largest absolute Gasteiger partial charge is 0.356 e. The first-order chi connectivity index (χ1) is 12.2. The van der Waals surface area contributed by atoms with E-state index in [2.05, 4.69) is 17.6 Å². The van der Waals surface area contributed by atoms with Crippen molar-refractivity contribution in [2.24, 2.45) is 11.8 Å². The van der Waals surface area contributed by atoms with Crippen LogP contribution in [0, 0.1) is 11.8 Å². The van der Waals surface area contributed by atoms with Gasteiger partial charge in [-0.25, -0.2) is 0 Å². The van der Waals surface area contributed by atoms with E-state index in [1.165, 1.54) is 19.3 Å². The molecule has 2 aliphatic rings. The summed E-state index contributed by atoms with van der Waals surface area (Å²) in [6, 6.07) is 0. The second-order valence-electron chi connectivity index (χ2n) is 7.06. The predicted octanol–water partition coefficient (Wildman–Crippen LogP) is 3.48. The van der Waals surface area contributed by atoms with Gasteiger partial charge in [0.25, 0.3) is 0 Å². The van der Waals surface area contributed by atoms with Crippen molar-refractivity contribution in [2.75, 3.05) is 33.4 Å². The van der Waals surface area contributed by atoms with E-state index in [1.54, 1.807) is 0 Å². The quantitative estimate of drug-likeness (QED) is 0.621. The topological polar surface area (TPSA) is 59.6 Å². The smallest absolute Gasteiger partial charge is 0.224 e. The maximum atomic E-state index is 12.5. The standard InChI is InChI=1S/C18H34N2O3.C2H6/c1-3-4-5-9-20-17(21)16(14-19-2)12-15-7-6-8-18(13-15)22-10-11-23-18;1-2/h15-16,19H,3-14H2,1-2H3,(H,20,21);1-2H3/t15?,16-;/m1./s1. The average Bonchev–Trinajstić information content (AvgIpc) is 3.07. The lowest BCUT2D eigenvalue weighted by Gasteiger charge is -2.37. The first-order valence-corrected chi connectivity index (χ1v) is 10.4. The highest BCUT2D eigenvalue weighted by Crippen LogP contribution is 2.40. The van der Waals surface area contributed by atoms with Crippen molar-refractivity contribution >= 4 is 5.91 Å². The second kappa shape index (κ2) is 12.7. The van der Waals surface area contributed by atoms with Crippen molar-refractivity contribution in [3.05, 3.63) is 0 Å². The lowest BCUT2D eigenvalue weighted by molar-refractivity contribution is -0.188. The second-order valence-corrected chi connectivity index (χ2v) is 7.06. The number of unbranched alkanes of at least 4 members (excludes halogenated alkanes) is 2. The molecule has 2 atom stereocenters. The molecule has 1 saturated carbocycles. The van der Waals surface area contributed by atoms with E-state index in [1.807, 2.05) is 20.9 Å². The summed E-state index contributed by atoms with van der Waals surface area (Å²) < 4.78 is 11.7. The van der Waals surface area contributed by atoms with Crippen LogP contribution in [-0.4, -0.2) is 45.0 Å². The van der Waals surface area contributed by atoms with Gasteiger partial charge in [0, 0.05) is 25.9 Å². The van der Waals surface area contributed by atoms with Gasteiger partial charge in [-0.05, 0) is 32.2 Å². The molecule has 5 nitrogen and oxygen atoms in total. The molecular weight excluding hydrogens is 316 g/mol. The molecule has 1 amide bonds. The number of carbonyl (C=O) groups is 1. The third kappa shape index (κ3) is 7.63. The number of hydrogen-bond acceptors (Lipinski definition) is 4. The number of carbonyl (C=O) groups excluding carboxylic acids is 1. The Morgan fingerprint density at radius 1 is 1.24 bits per heavy atom. The van der Waals surface area contributed by atoms with Crippen LogP contribution in [-0.2, 0) is 14.3 Å². The molecule has 0 aromatic rings. The van der Waals surface area contributed by atoms with Gasteiger partial charge in [0.05, 0.1) is 19.1 Å². The van der Waals surface area contributed by atoms with E-state index in [4.69, 9.17) is 9.47 Å². The van der Waals surface area contributed by atoms with Crippen molar-refractivity contribution in [2.45, 2.75) is 77.9 Å². The summed E-state index contributed by atoms with van der Waals surface area (Å²) in [5.41, 5.74) is 0. The molecule has 25 heavy (non-hydrogen) atoms. The van der Waals surface area contributed by atoms with Gasteiger partial charge in [0.2, 0.25) is 5.91 Å². The van der Waals surface area contributed by atoms with E-state index < -0.39 is 0 Å². The van der Waals surface area contributed by atoms with Gasteiger partial charge >= 0.3 is 0 Å². The van der Waals surface area contributed by atoms with Gasteiger partial charge in [-0.2, -0.15) is 0 Å². The van der Waals surface area contributed by atoms with E-state index in [0.717, 1.165) is 45.2 Å². The first-order valence-electron chi connectivity index (χ1n) is 10.4. The lowest BCUT2D eigenvalue weighted by atomic mass is 9.79. The fourth-order valence-corrected chi connectivity index (χ4v) is 3.93. The van der Waals surface area contributed by atoms with E-state index in [9.17, 15) is 4.79 Å². The molecule has 0 bridgehead atoms. The van der Waals surface area contributed by atoms with Crippen LogP contribution in [0.4, 0.5) is 0 Å². The Balaban J connectivity index is 0.00000151. The van der Waals surface area contributed by atoms with Crippen LogP contribution >= 0.6 is 0 Å². The summed E-state index contributed by atoms with van der Waals surface area (Å²) in [7, 11) is 1.92. The molecule has 2 fully saturated rings. The summed E-state index contributed by atoms with van der Waals surface area (Å²) in [6.45, 7) is 9.14. The minimum Gasteiger partial charge on any atom is -0.356 e. The average molecular weight is 357 g/mol. The highest BCUT2D eigenvalue weighted by Gasteiger charge is 2.42. The van der Waals surface area contributed by atoms with Gasteiger partial charge in [0.1, 0.15) is 0 Å². The third-order valence-electron chi connectivity index (χ3n) is 5.10. The van der Waals surface area contributed by atoms with Crippen LogP contribution in [0.3, 0.4) is 0 Å². The zero-order valence-electron chi connectivity index (χ0n) is 16.9. The van der Waals surface area contributed by atoms with Crippen molar-refractivity contribution < 1.29 is 14.3 Å². The maximum Gasteiger partial charge on any atom is 0.224 e. The molecule has 1 unspecified atom stereocenters. The number of ether oxygens (including phenoxy) is 2. The normalized spacial score (nSPS) is 23.0. The number of amides is 1. The summed E-state index contributed by atoms with van der Waals surface area (Å²) >= 11 is 0. The van der Waals surface area contributed by atoms with Gasteiger partial charge in [-0.1, -0.05) is 40.0 Å². The summed E-state index contributed by atoms with van der Waals surface area (Å²) in [6.07, 6.45) is 8.61. The summed E-state index contributed by atoms with van der Waals surface area (Å²) in [4.78, 5) is 12.5. The molecule has 0 aromatic carbocycles. The molecule has 1 heterocycles. The Bertz CT molecular complexity index is 357. The van der Waals surface area contributed by atoms with Crippen LogP contribution in [0.15, 0.2) is 0 Å². The maximum absolute atomic E-state index is 12.5.